The SMILES string of the molecule is CC(CBr)(CBr)NS(=O)(=O)c1cc(S(C)(=O)=O)ccc1F. The summed E-state index contributed by atoms with van der Waals surface area (Å²) >= 11 is 6.35. The maximum Gasteiger partial charge on any atom is 0.244 e. The molecule has 21 heavy (non-hydrogen) atoms. The number of sulfonamides is 1. The predicted octanol–water partition coefficient (Wildman–Crippen LogP) is 2.06. The molecular weight excluding hydrogens is 453 g/mol. The number of alkyl halides is 2. The molecule has 1 aromatic carbocycles. The maximum absolute atomic E-state index is 13.8. The lowest BCUT2D eigenvalue weighted by molar-refractivity contribution is 0.501. The van der Waals surface area contributed by atoms with Crippen molar-refractivity contribution in [2.75, 3.05) is 16.9 Å². The second kappa shape index (κ2) is 6.61. The Labute approximate surface area is 140 Å². The lowest BCUT2D eigenvalue weighted by atomic mass is 10.1. The van der Waals surface area contributed by atoms with Crippen LogP contribution in [0.2, 0.25) is 0 Å². The Morgan fingerprint density at radius 1 is 1.19 bits per heavy atom. The molecule has 0 aromatic heterocycles. The van der Waals surface area contributed by atoms with E-state index in [0.717, 1.165) is 24.5 Å². The summed E-state index contributed by atoms with van der Waals surface area (Å²) in [5.74, 6) is -1.01. The zero-order chi connectivity index (χ0) is 16.5. The Kier molecular flexibility index (Phi) is 5.99. The minimum atomic E-state index is -4.21. The van der Waals surface area contributed by atoms with Crippen molar-refractivity contribution in [2.45, 2.75) is 22.3 Å². The van der Waals surface area contributed by atoms with Crippen LogP contribution >= 0.6 is 31.9 Å². The van der Waals surface area contributed by atoms with Gasteiger partial charge < -0.3 is 0 Å². The van der Waals surface area contributed by atoms with Crippen molar-refractivity contribution in [1.29, 1.82) is 0 Å². The Hall–Kier alpha value is -0.0300. The van der Waals surface area contributed by atoms with Gasteiger partial charge in [0.2, 0.25) is 10.0 Å². The molecule has 1 aromatic rings. The van der Waals surface area contributed by atoms with Gasteiger partial charge in [0.05, 0.1) is 4.90 Å². The van der Waals surface area contributed by atoms with Gasteiger partial charge in [0.15, 0.2) is 9.84 Å². The van der Waals surface area contributed by atoms with E-state index in [1.54, 1.807) is 6.92 Å². The minimum Gasteiger partial charge on any atom is -0.224 e. The molecule has 0 bridgehead atoms. The number of hydrogen-bond donors (Lipinski definition) is 1. The van der Waals surface area contributed by atoms with Crippen LogP contribution in [0.4, 0.5) is 4.39 Å². The highest BCUT2D eigenvalue weighted by Crippen LogP contribution is 2.22. The molecule has 5 nitrogen and oxygen atoms in total. The molecular formula is C11H14Br2FNO4S2. The van der Waals surface area contributed by atoms with Gasteiger partial charge >= 0.3 is 0 Å². The largest absolute Gasteiger partial charge is 0.244 e. The Bertz CT molecular complexity index is 731. The molecule has 0 aliphatic rings. The fraction of sp³-hybridized carbons (Fsp3) is 0.455. The smallest absolute Gasteiger partial charge is 0.224 e. The van der Waals surface area contributed by atoms with Crippen molar-refractivity contribution < 1.29 is 21.2 Å². The summed E-state index contributed by atoms with van der Waals surface area (Å²) in [5, 5.41) is 0.579. The lowest BCUT2D eigenvalue weighted by Crippen LogP contribution is -2.49. The fourth-order valence-corrected chi connectivity index (χ4v) is 5.20. The molecule has 0 unspecified atom stereocenters. The van der Waals surface area contributed by atoms with Crippen LogP contribution in [-0.2, 0) is 19.9 Å². The lowest BCUT2D eigenvalue weighted by Gasteiger charge is -2.26. The van der Waals surface area contributed by atoms with Crippen LogP contribution in [0, 0.1) is 5.82 Å². The van der Waals surface area contributed by atoms with E-state index in [4.69, 9.17) is 0 Å². The molecule has 0 spiro atoms. The normalized spacial score (nSPS) is 13.4. The van der Waals surface area contributed by atoms with E-state index in [-0.39, 0.29) is 15.6 Å². The molecule has 1 rings (SSSR count). The second-order valence-corrected chi connectivity index (χ2v) is 9.59. The standard InChI is InChI=1S/C11H14Br2FNO4S2/c1-11(6-12,7-13)15-21(18,19)10-5-8(20(2,16)17)3-4-9(10)14/h3-5,15H,6-7H2,1-2H3. The van der Waals surface area contributed by atoms with Crippen LogP contribution in [0.1, 0.15) is 6.92 Å². The van der Waals surface area contributed by atoms with Gasteiger partial charge in [0, 0.05) is 22.5 Å². The molecule has 0 saturated carbocycles. The molecule has 0 atom stereocenters. The first-order valence-electron chi connectivity index (χ1n) is 5.61. The van der Waals surface area contributed by atoms with Gasteiger partial charge in [-0.1, -0.05) is 31.9 Å². The van der Waals surface area contributed by atoms with Crippen molar-refractivity contribution in [3.8, 4) is 0 Å². The molecule has 10 heteroatoms. The molecule has 0 fully saturated rings. The zero-order valence-corrected chi connectivity index (χ0v) is 16.0. The van der Waals surface area contributed by atoms with Crippen LogP contribution in [0.3, 0.4) is 0 Å². The first kappa shape index (κ1) is 19.0. The minimum absolute atomic E-state index is 0.260. The number of hydrogen-bond acceptors (Lipinski definition) is 4. The van der Waals surface area contributed by atoms with Crippen molar-refractivity contribution >= 4 is 51.7 Å². The summed E-state index contributed by atoms with van der Waals surface area (Å²) in [4.78, 5) is -0.956. The topological polar surface area (TPSA) is 80.3 Å². The summed E-state index contributed by atoms with van der Waals surface area (Å²) in [6, 6.07) is 2.66. The number of benzene rings is 1. The van der Waals surface area contributed by atoms with Crippen LogP contribution in [-0.4, -0.2) is 39.3 Å². The Morgan fingerprint density at radius 2 is 1.71 bits per heavy atom. The van der Waals surface area contributed by atoms with E-state index in [2.05, 4.69) is 36.6 Å². The molecule has 0 saturated heterocycles. The van der Waals surface area contributed by atoms with Crippen molar-refractivity contribution in [3.63, 3.8) is 0 Å². The molecule has 0 heterocycles. The number of rotatable bonds is 6. The van der Waals surface area contributed by atoms with E-state index in [1.807, 2.05) is 0 Å². The summed E-state index contributed by atoms with van der Waals surface area (Å²) in [6.45, 7) is 1.62. The Morgan fingerprint density at radius 3 is 2.14 bits per heavy atom. The number of nitrogens with one attached hydrogen (secondary N) is 1. The van der Waals surface area contributed by atoms with Crippen LogP contribution in [0.15, 0.2) is 28.0 Å². The monoisotopic (exact) mass is 465 g/mol. The van der Waals surface area contributed by atoms with Crippen molar-refractivity contribution in [1.82, 2.24) is 4.72 Å². The number of sulfone groups is 1. The molecule has 0 radical (unpaired) electrons. The Balaban J connectivity index is 3.39. The van der Waals surface area contributed by atoms with E-state index >= 15 is 0 Å². The molecule has 1 N–H and O–H groups in total. The third kappa shape index (κ3) is 4.72. The highest BCUT2D eigenvalue weighted by molar-refractivity contribution is 9.09. The summed E-state index contributed by atoms with van der Waals surface area (Å²) < 4.78 is 63.6. The van der Waals surface area contributed by atoms with Gasteiger partial charge in [-0.05, 0) is 25.1 Å². The highest BCUT2D eigenvalue weighted by Gasteiger charge is 2.31. The molecule has 0 aliphatic carbocycles. The van der Waals surface area contributed by atoms with E-state index < -0.39 is 36.1 Å². The quantitative estimate of drug-likeness (QED) is 0.514. The average Bonchev–Trinajstić information content (AvgIpc) is 2.37. The van der Waals surface area contributed by atoms with Crippen molar-refractivity contribution in [3.05, 3.63) is 24.0 Å². The predicted molar refractivity (Wildman–Crippen MR) is 85.8 cm³/mol. The first-order chi connectivity index (χ1) is 9.45. The third-order valence-electron chi connectivity index (χ3n) is 2.59. The second-order valence-electron chi connectivity index (χ2n) is 4.80. The maximum atomic E-state index is 13.8. The number of halogens is 3. The first-order valence-corrected chi connectivity index (χ1v) is 11.2. The fourth-order valence-electron chi connectivity index (χ4n) is 1.39. The van der Waals surface area contributed by atoms with Gasteiger partial charge in [-0.15, -0.1) is 0 Å². The van der Waals surface area contributed by atoms with Crippen LogP contribution < -0.4 is 4.72 Å². The average molecular weight is 467 g/mol. The third-order valence-corrected chi connectivity index (χ3v) is 7.83. The molecule has 0 amide bonds. The van der Waals surface area contributed by atoms with Gasteiger partial charge in [-0.3, -0.25) is 0 Å². The molecule has 0 aliphatic heterocycles. The van der Waals surface area contributed by atoms with Gasteiger partial charge in [0.25, 0.3) is 0 Å². The van der Waals surface area contributed by atoms with E-state index in [1.165, 1.54) is 0 Å². The van der Waals surface area contributed by atoms with Gasteiger partial charge in [0.1, 0.15) is 10.7 Å². The van der Waals surface area contributed by atoms with Gasteiger partial charge in [-0.2, -0.15) is 0 Å². The van der Waals surface area contributed by atoms with Crippen molar-refractivity contribution in [2.24, 2.45) is 0 Å². The molecule has 120 valence electrons. The summed E-state index contributed by atoms with van der Waals surface area (Å²) in [6.07, 6.45) is 0.922. The summed E-state index contributed by atoms with van der Waals surface area (Å²) in [7, 11) is -7.84. The van der Waals surface area contributed by atoms with E-state index in [0.29, 0.717) is 0 Å². The summed E-state index contributed by atoms with van der Waals surface area (Å²) in [5.41, 5.74) is -0.883. The van der Waals surface area contributed by atoms with Gasteiger partial charge in [-0.25, -0.2) is 25.9 Å². The highest BCUT2D eigenvalue weighted by atomic mass is 79.9. The van der Waals surface area contributed by atoms with Crippen LogP contribution in [0.5, 0.6) is 0 Å². The van der Waals surface area contributed by atoms with Crippen LogP contribution in [0.25, 0.3) is 0 Å². The van der Waals surface area contributed by atoms with E-state index in [9.17, 15) is 21.2 Å². The zero-order valence-electron chi connectivity index (χ0n) is 11.2.